The first-order valence-corrected chi connectivity index (χ1v) is 13.2. The topological polar surface area (TPSA) is 77.8 Å². The van der Waals surface area contributed by atoms with Crippen molar-refractivity contribution in [1.82, 2.24) is 4.90 Å². The van der Waals surface area contributed by atoms with Gasteiger partial charge in [-0.25, -0.2) is 4.79 Å². The van der Waals surface area contributed by atoms with Crippen LogP contribution < -0.4 is 0 Å². The van der Waals surface area contributed by atoms with E-state index in [1.807, 2.05) is 0 Å². The Morgan fingerprint density at radius 1 is 1.03 bits per heavy atom. The summed E-state index contributed by atoms with van der Waals surface area (Å²) in [5, 5.41) is 19.1. The number of fused-ring (bicyclic) bond motifs is 1. The van der Waals surface area contributed by atoms with Crippen molar-refractivity contribution in [3.63, 3.8) is 0 Å². The smallest absolute Gasteiger partial charge is 0.339 e. The normalized spacial score (nSPS) is 19.1. The van der Waals surface area contributed by atoms with E-state index in [1.165, 1.54) is 40.5 Å². The molecule has 5 heteroatoms. The Labute approximate surface area is 220 Å². The van der Waals surface area contributed by atoms with Crippen LogP contribution in [-0.2, 0) is 10.8 Å². The van der Waals surface area contributed by atoms with Crippen LogP contribution in [0.1, 0.15) is 104 Å². The Kier molecular flexibility index (Phi) is 7.22. The number of nitrogens with zero attached hydrogens (tertiary/aromatic N) is 1. The van der Waals surface area contributed by atoms with Gasteiger partial charge in [0.25, 0.3) is 0 Å². The Morgan fingerprint density at radius 2 is 1.73 bits per heavy atom. The zero-order valence-corrected chi connectivity index (χ0v) is 22.9. The molecule has 1 heterocycles. The van der Waals surface area contributed by atoms with Gasteiger partial charge in [0.15, 0.2) is 5.78 Å². The van der Waals surface area contributed by atoms with Crippen LogP contribution in [0.15, 0.2) is 42.5 Å². The van der Waals surface area contributed by atoms with Crippen molar-refractivity contribution in [2.45, 2.75) is 77.7 Å². The Bertz CT molecular complexity index is 1300. The predicted molar refractivity (Wildman–Crippen MR) is 149 cm³/mol. The molecule has 0 bridgehead atoms. The molecular formula is C32H39NO4. The lowest BCUT2D eigenvalue weighted by atomic mass is 9.61. The molecule has 0 saturated heterocycles. The van der Waals surface area contributed by atoms with E-state index in [4.69, 9.17) is 5.11 Å². The van der Waals surface area contributed by atoms with Crippen molar-refractivity contribution in [2.24, 2.45) is 0 Å². The number of hydrogen-bond acceptors (Lipinski definition) is 4. The van der Waals surface area contributed by atoms with Gasteiger partial charge in [-0.3, -0.25) is 9.69 Å². The number of carboxylic acids is 1. The molecule has 5 nitrogen and oxygen atoms in total. The molecule has 0 amide bonds. The van der Waals surface area contributed by atoms with Gasteiger partial charge in [-0.2, -0.15) is 0 Å². The van der Waals surface area contributed by atoms with Gasteiger partial charge in [0.2, 0.25) is 0 Å². The zero-order chi connectivity index (χ0) is 27.1. The van der Waals surface area contributed by atoms with Gasteiger partial charge in [0.05, 0.1) is 0 Å². The quantitative estimate of drug-likeness (QED) is 0.335. The number of hydrogen-bond donors (Lipinski definition) is 2. The number of ketones is 1. The number of aromatic hydroxyl groups is 1. The molecule has 0 fully saturated rings. The first kappa shape index (κ1) is 26.9. The largest absolute Gasteiger partial charge is 0.507 e. The van der Waals surface area contributed by atoms with Gasteiger partial charge >= 0.3 is 5.97 Å². The number of phenols is 1. The maximum atomic E-state index is 13.4. The van der Waals surface area contributed by atoms with Crippen molar-refractivity contribution in [1.29, 1.82) is 0 Å². The summed E-state index contributed by atoms with van der Waals surface area (Å²) in [7, 11) is 0. The third kappa shape index (κ3) is 5.42. The highest BCUT2D eigenvalue weighted by Crippen LogP contribution is 2.49. The molecular weight excluding hydrogens is 462 g/mol. The van der Waals surface area contributed by atoms with Crippen LogP contribution in [0.3, 0.4) is 0 Å². The molecule has 4 rings (SSSR count). The number of aromatic carboxylic acids is 1. The van der Waals surface area contributed by atoms with E-state index in [2.05, 4.69) is 64.7 Å². The Balaban J connectivity index is 1.77. The van der Waals surface area contributed by atoms with Gasteiger partial charge in [-0.15, -0.1) is 0 Å². The number of benzene rings is 2. The molecule has 1 aliphatic heterocycles. The highest BCUT2D eigenvalue weighted by Gasteiger charge is 2.40. The summed E-state index contributed by atoms with van der Waals surface area (Å²) < 4.78 is 0. The van der Waals surface area contributed by atoms with Crippen molar-refractivity contribution in [3.05, 3.63) is 75.9 Å². The standard InChI is InChI=1S/C32H39NO4/c1-20(2)33-15-11-22(12-16-33)25-18-23(19-26-29(25)32(5,6)14-13-31(26,3)4)27(34)10-8-21-7-9-24(30(36)37)28(35)17-21/h7-11,17-20,35H,12-16H2,1-6H3,(H,36,37). The van der Waals surface area contributed by atoms with E-state index in [0.717, 1.165) is 32.4 Å². The molecule has 0 unspecified atom stereocenters. The number of carbonyl (C=O) groups excluding carboxylic acids is 1. The molecule has 2 aromatic rings. The fourth-order valence-corrected chi connectivity index (χ4v) is 5.68. The van der Waals surface area contributed by atoms with Crippen LogP contribution in [0.5, 0.6) is 5.75 Å². The fourth-order valence-electron chi connectivity index (χ4n) is 5.68. The first-order chi connectivity index (χ1) is 17.3. The lowest BCUT2D eigenvalue weighted by molar-refractivity contribution is 0.0693. The van der Waals surface area contributed by atoms with Crippen molar-refractivity contribution < 1.29 is 19.8 Å². The molecule has 0 aromatic heterocycles. The second kappa shape index (κ2) is 9.94. The van der Waals surface area contributed by atoms with Crippen LogP contribution in [0, 0.1) is 0 Å². The van der Waals surface area contributed by atoms with E-state index in [9.17, 15) is 14.7 Å². The highest BCUT2D eigenvalue weighted by atomic mass is 16.4. The summed E-state index contributed by atoms with van der Waals surface area (Å²) in [5.74, 6) is -1.61. The maximum absolute atomic E-state index is 13.4. The molecule has 0 radical (unpaired) electrons. The minimum atomic E-state index is -1.19. The molecule has 1 aliphatic carbocycles. The summed E-state index contributed by atoms with van der Waals surface area (Å²) in [5.41, 5.74) is 6.23. The monoisotopic (exact) mass is 501 g/mol. The number of rotatable bonds is 6. The average molecular weight is 502 g/mol. The molecule has 196 valence electrons. The molecule has 0 saturated carbocycles. The maximum Gasteiger partial charge on any atom is 0.339 e. The van der Waals surface area contributed by atoms with Crippen LogP contribution in [0.25, 0.3) is 11.6 Å². The van der Waals surface area contributed by atoms with Gasteiger partial charge < -0.3 is 10.2 Å². The van der Waals surface area contributed by atoms with Crippen LogP contribution >= 0.6 is 0 Å². The summed E-state index contributed by atoms with van der Waals surface area (Å²) in [6.07, 6.45) is 8.61. The molecule has 37 heavy (non-hydrogen) atoms. The lowest BCUT2D eigenvalue weighted by Gasteiger charge is -2.44. The van der Waals surface area contributed by atoms with Crippen molar-refractivity contribution in [3.8, 4) is 5.75 Å². The number of carbonyl (C=O) groups is 2. The van der Waals surface area contributed by atoms with Gasteiger partial charge in [-0.05, 0) is 102 Å². The van der Waals surface area contributed by atoms with E-state index >= 15 is 0 Å². The predicted octanol–water partition coefficient (Wildman–Crippen LogP) is 6.83. The van der Waals surface area contributed by atoms with Crippen LogP contribution in [-0.4, -0.2) is 46.0 Å². The van der Waals surface area contributed by atoms with E-state index in [-0.39, 0.29) is 27.9 Å². The Morgan fingerprint density at radius 3 is 2.32 bits per heavy atom. The third-order valence-corrected chi connectivity index (χ3v) is 8.20. The van der Waals surface area contributed by atoms with Gasteiger partial charge in [-0.1, -0.05) is 45.9 Å². The van der Waals surface area contributed by atoms with Crippen LogP contribution in [0.4, 0.5) is 0 Å². The molecule has 2 aliphatic rings. The summed E-state index contributed by atoms with van der Waals surface area (Å²) in [4.78, 5) is 27.1. The van der Waals surface area contributed by atoms with Crippen LogP contribution in [0.2, 0.25) is 0 Å². The first-order valence-electron chi connectivity index (χ1n) is 13.2. The average Bonchev–Trinajstić information content (AvgIpc) is 2.84. The minimum absolute atomic E-state index is 0.0248. The summed E-state index contributed by atoms with van der Waals surface area (Å²) >= 11 is 0. The van der Waals surface area contributed by atoms with Crippen molar-refractivity contribution >= 4 is 23.4 Å². The lowest BCUT2D eigenvalue weighted by Crippen LogP contribution is -2.37. The van der Waals surface area contributed by atoms with Crippen molar-refractivity contribution in [2.75, 3.05) is 13.1 Å². The molecule has 2 aromatic carbocycles. The number of carboxylic acid groups (broad SMARTS) is 1. The minimum Gasteiger partial charge on any atom is -0.507 e. The summed E-state index contributed by atoms with van der Waals surface area (Å²) in [6.45, 7) is 15.6. The van der Waals surface area contributed by atoms with E-state index in [0.29, 0.717) is 17.2 Å². The zero-order valence-electron chi connectivity index (χ0n) is 22.9. The molecule has 0 atom stereocenters. The molecule has 0 spiro atoms. The Hall–Kier alpha value is -3.18. The highest BCUT2D eigenvalue weighted by molar-refractivity contribution is 6.07. The van der Waals surface area contributed by atoms with Gasteiger partial charge in [0, 0.05) is 24.7 Å². The van der Waals surface area contributed by atoms with E-state index in [1.54, 1.807) is 12.1 Å². The fraction of sp³-hybridized carbons (Fsp3) is 0.438. The second-order valence-corrected chi connectivity index (χ2v) is 12.1. The number of allylic oxidation sites excluding steroid dienone is 1. The molecule has 2 N–H and O–H groups in total. The SMILES string of the molecule is CC(C)N1CC=C(c2cc(C(=O)C=Cc3ccc(C(=O)O)c(O)c3)cc3c2C(C)(C)CCC3(C)C)CC1. The summed E-state index contributed by atoms with van der Waals surface area (Å²) in [6, 6.07) is 8.97. The van der Waals surface area contributed by atoms with E-state index < -0.39 is 5.97 Å². The third-order valence-electron chi connectivity index (χ3n) is 8.20. The van der Waals surface area contributed by atoms with Gasteiger partial charge in [0.1, 0.15) is 11.3 Å². The second-order valence-electron chi connectivity index (χ2n) is 12.1.